The largest absolute Gasteiger partial charge is 0.337 e. The number of hydrogen-bond donors (Lipinski definition) is 2. The van der Waals surface area contributed by atoms with Crippen LogP contribution < -0.4 is 10.6 Å². The Morgan fingerprint density at radius 2 is 1.69 bits per heavy atom. The summed E-state index contributed by atoms with van der Waals surface area (Å²) in [5, 5.41) is 8.02. The Bertz CT molecular complexity index is 1140. The second-order valence-corrected chi connectivity index (χ2v) is 6.92. The molecule has 0 atom stereocenters. The molecule has 2 N–H and O–H groups in total. The molecule has 4 aromatic rings. The standard InChI is InChI=1S/C24H22N4O/c1-17-14-20(10-12-25-17)18-6-8-22(9-7-18)28-24(29)26-13-11-23-15-19-4-2-3-5-21(19)16-27-23/h2-10,12,14-16H,11,13H2,1H3,(H2,26,28,29). The van der Waals surface area contributed by atoms with Crippen LogP contribution in [0.15, 0.2) is 79.1 Å². The van der Waals surface area contributed by atoms with E-state index in [9.17, 15) is 4.79 Å². The lowest BCUT2D eigenvalue weighted by atomic mass is 10.1. The smallest absolute Gasteiger partial charge is 0.319 e. The summed E-state index contributed by atoms with van der Waals surface area (Å²) in [5.41, 5.74) is 4.88. The quantitative estimate of drug-likeness (QED) is 0.512. The summed E-state index contributed by atoms with van der Waals surface area (Å²) in [6.45, 7) is 2.49. The molecule has 0 bridgehead atoms. The average Bonchev–Trinajstić information content (AvgIpc) is 2.74. The first-order valence-electron chi connectivity index (χ1n) is 9.59. The third-order valence-electron chi connectivity index (χ3n) is 4.73. The molecule has 5 nitrogen and oxygen atoms in total. The van der Waals surface area contributed by atoms with E-state index in [-0.39, 0.29) is 6.03 Å². The number of carbonyl (C=O) groups excluding carboxylic acids is 1. The van der Waals surface area contributed by atoms with Gasteiger partial charge in [0.15, 0.2) is 0 Å². The lowest BCUT2D eigenvalue weighted by Crippen LogP contribution is -2.30. The van der Waals surface area contributed by atoms with Crippen LogP contribution in [-0.4, -0.2) is 22.5 Å². The molecule has 0 aliphatic rings. The van der Waals surface area contributed by atoms with E-state index in [1.165, 1.54) is 0 Å². The first-order chi connectivity index (χ1) is 14.2. The Balaban J connectivity index is 1.30. The molecule has 0 saturated carbocycles. The van der Waals surface area contributed by atoms with E-state index in [0.717, 1.165) is 39.0 Å². The van der Waals surface area contributed by atoms with Crippen molar-refractivity contribution >= 4 is 22.5 Å². The number of aromatic nitrogens is 2. The maximum atomic E-state index is 12.2. The van der Waals surface area contributed by atoms with Crippen molar-refractivity contribution in [2.75, 3.05) is 11.9 Å². The molecule has 0 aliphatic carbocycles. The third-order valence-corrected chi connectivity index (χ3v) is 4.73. The molecule has 2 aromatic carbocycles. The van der Waals surface area contributed by atoms with Crippen LogP contribution in [0.1, 0.15) is 11.4 Å². The van der Waals surface area contributed by atoms with E-state index in [4.69, 9.17) is 0 Å². The molecule has 0 fully saturated rings. The highest BCUT2D eigenvalue weighted by Crippen LogP contribution is 2.21. The number of benzene rings is 2. The number of aryl methyl sites for hydroxylation is 1. The average molecular weight is 382 g/mol. The normalized spacial score (nSPS) is 10.7. The number of hydrogen-bond acceptors (Lipinski definition) is 3. The summed E-state index contributed by atoms with van der Waals surface area (Å²) < 4.78 is 0. The molecule has 0 unspecified atom stereocenters. The van der Waals surface area contributed by atoms with Gasteiger partial charge in [0.05, 0.1) is 0 Å². The fraction of sp³-hybridized carbons (Fsp3) is 0.125. The summed E-state index contributed by atoms with van der Waals surface area (Å²) in [7, 11) is 0. The van der Waals surface area contributed by atoms with Gasteiger partial charge >= 0.3 is 6.03 Å². The zero-order valence-electron chi connectivity index (χ0n) is 16.2. The van der Waals surface area contributed by atoms with Crippen molar-refractivity contribution < 1.29 is 4.79 Å². The zero-order chi connectivity index (χ0) is 20.1. The number of nitrogens with one attached hydrogen (secondary N) is 2. The number of rotatable bonds is 5. The summed E-state index contributed by atoms with van der Waals surface area (Å²) in [6, 6.07) is 21.7. The highest BCUT2D eigenvalue weighted by molar-refractivity contribution is 5.89. The van der Waals surface area contributed by atoms with Gasteiger partial charge in [0.1, 0.15) is 0 Å². The van der Waals surface area contributed by atoms with Gasteiger partial charge < -0.3 is 10.6 Å². The second-order valence-electron chi connectivity index (χ2n) is 6.92. The Morgan fingerprint density at radius 3 is 2.48 bits per heavy atom. The van der Waals surface area contributed by atoms with Crippen molar-refractivity contribution in [2.24, 2.45) is 0 Å². The van der Waals surface area contributed by atoms with E-state index in [0.29, 0.717) is 13.0 Å². The van der Waals surface area contributed by atoms with Gasteiger partial charge in [-0.15, -0.1) is 0 Å². The van der Waals surface area contributed by atoms with Gasteiger partial charge in [0.2, 0.25) is 0 Å². The van der Waals surface area contributed by atoms with Crippen LogP contribution in [0.5, 0.6) is 0 Å². The molecule has 2 amide bonds. The Kier molecular flexibility index (Phi) is 5.47. The number of pyridine rings is 2. The highest BCUT2D eigenvalue weighted by Gasteiger charge is 2.04. The van der Waals surface area contributed by atoms with Crippen molar-refractivity contribution in [3.63, 3.8) is 0 Å². The SMILES string of the molecule is Cc1cc(-c2ccc(NC(=O)NCCc3cc4ccccc4cn3)cc2)ccn1. The Hall–Kier alpha value is -3.73. The first-order valence-corrected chi connectivity index (χ1v) is 9.59. The van der Waals surface area contributed by atoms with Crippen LogP contribution in [0, 0.1) is 6.92 Å². The minimum absolute atomic E-state index is 0.224. The van der Waals surface area contributed by atoms with E-state index < -0.39 is 0 Å². The third kappa shape index (κ3) is 4.76. The molecule has 0 radical (unpaired) electrons. The zero-order valence-corrected chi connectivity index (χ0v) is 16.2. The van der Waals surface area contributed by atoms with E-state index in [2.05, 4.69) is 32.7 Å². The summed E-state index contributed by atoms with van der Waals surface area (Å²) in [4.78, 5) is 20.8. The second kappa shape index (κ2) is 8.52. The lowest BCUT2D eigenvalue weighted by molar-refractivity contribution is 0.252. The van der Waals surface area contributed by atoms with E-state index in [1.807, 2.05) is 67.7 Å². The van der Waals surface area contributed by atoms with Gasteiger partial charge in [-0.1, -0.05) is 36.4 Å². The van der Waals surface area contributed by atoms with E-state index in [1.54, 1.807) is 6.20 Å². The molecule has 0 spiro atoms. The fourth-order valence-electron chi connectivity index (χ4n) is 3.22. The molecule has 2 heterocycles. The maximum Gasteiger partial charge on any atom is 0.319 e. The molecule has 4 rings (SSSR count). The van der Waals surface area contributed by atoms with Gasteiger partial charge in [-0.05, 0) is 53.8 Å². The minimum Gasteiger partial charge on any atom is -0.337 e. The number of amides is 2. The molecular formula is C24H22N4O. The van der Waals surface area contributed by atoms with Crippen LogP contribution in [0.4, 0.5) is 10.5 Å². The van der Waals surface area contributed by atoms with Gasteiger partial charge in [-0.25, -0.2) is 4.79 Å². The predicted molar refractivity (Wildman–Crippen MR) is 117 cm³/mol. The minimum atomic E-state index is -0.224. The molecular weight excluding hydrogens is 360 g/mol. The molecule has 0 aliphatic heterocycles. The molecule has 0 saturated heterocycles. The van der Waals surface area contributed by atoms with Gasteiger partial charge in [-0.3, -0.25) is 9.97 Å². The van der Waals surface area contributed by atoms with Crippen molar-refractivity contribution in [1.29, 1.82) is 0 Å². The van der Waals surface area contributed by atoms with E-state index >= 15 is 0 Å². The molecule has 2 aromatic heterocycles. The first kappa shape index (κ1) is 18.6. The van der Waals surface area contributed by atoms with Gasteiger partial charge in [-0.2, -0.15) is 0 Å². The van der Waals surface area contributed by atoms with Crippen molar-refractivity contribution in [3.8, 4) is 11.1 Å². The van der Waals surface area contributed by atoms with Crippen LogP contribution >= 0.6 is 0 Å². The summed E-state index contributed by atoms with van der Waals surface area (Å²) >= 11 is 0. The Labute approximate surface area is 169 Å². The number of nitrogens with zero attached hydrogens (tertiary/aromatic N) is 2. The van der Waals surface area contributed by atoms with Crippen LogP contribution in [-0.2, 0) is 6.42 Å². The van der Waals surface area contributed by atoms with Crippen molar-refractivity contribution in [2.45, 2.75) is 13.3 Å². The maximum absolute atomic E-state index is 12.2. The van der Waals surface area contributed by atoms with Crippen LogP contribution in [0.2, 0.25) is 0 Å². The molecule has 5 heteroatoms. The van der Waals surface area contributed by atoms with Crippen molar-refractivity contribution in [1.82, 2.24) is 15.3 Å². The molecule has 29 heavy (non-hydrogen) atoms. The van der Waals surface area contributed by atoms with Crippen LogP contribution in [0.3, 0.4) is 0 Å². The summed E-state index contributed by atoms with van der Waals surface area (Å²) in [6.07, 6.45) is 4.35. The van der Waals surface area contributed by atoms with Crippen LogP contribution in [0.25, 0.3) is 21.9 Å². The van der Waals surface area contributed by atoms with Gasteiger partial charge in [0.25, 0.3) is 0 Å². The topological polar surface area (TPSA) is 66.9 Å². The van der Waals surface area contributed by atoms with Crippen molar-refractivity contribution in [3.05, 3.63) is 90.5 Å². The monoisotopic (exact) mass is 382 g/mol. The van der Waals surface area contributed by atoms with Gasteiger partial charge in [0, 0.05) is 47.8 Å². The number of carbonyl (C=O) groups is 1. The Morgan fingerprint density at radius 1 is 0.897 bits per heavy atom. The molecule has 144 valence electrons. The predicted octanol–water partition coefficient (Wildman–Crippen LogP) is 4.97. The number of urea groups is 1. The lowest BCUT2D eigenvalue weighted by Gasteiger charge is -2.09. The fourth-order valence-corrected chi connectivity index (χ4v) is 3.22. The number of anilines is 1. The number of fused-ring (bicyclic) bond motifs is 1. The summed E-state index contributed by atoms with van der Waals surface area (Å²) in [5.74, 6) is 0. The highest BCUT2D eigenvalue weighted by atomic mass is 16.2.